The van der Waals surface area contributed by atoms with Gasteiger partial charge in [0.1, 0.15) is 0 Å². The predicted molar refractivity (Wildman–Crippen MR) is 72.1 cm³/mol. The number of benzene rings is 1. The van der Waals surface area contributed by atoms with E-state index in [0.717, 1.165) is 29.0 Å². The molecule has 0 aliphatic carbocycles. The average molecular weight is 264 g/mol. The second-order valence-electron chi connectivity index (χ2n) is 5.57. The molecule has 4 heteroatoms. The third kappa shape index (κ3) is 2.83. The van der Waals surface area contributed by atoms with Crippen molar-refractivity contribution in [3.05, 3.63) is 23.3 Å². The van der Waals surface area contributed by atoms with Gasteiger partial charge in [-0.2, -0.15) is 0 Å². The fourth-order valence-electron chi connectivity index (χ4n) is 2.58. The van der Waals surface area contributed by atoms with E-state index < -0.39 is 11.4 Å². The third-order valence-electron chi connectivity index (χ3n) is 3.48. The Balaban J connectivity index is 2.43. The van der Waals surface area contributed by atoms with E-state index in [2.05, 4.69) is 0 Å². The van der Waals surface area contributed by atoms with Gasteiger partial charge in [0.15, 0.2) is 11.5 Å². The molecule has 0 saturated carbocycles. The molecule has 0 bridgehead atoms. The van der Waals surface area contributed by atoms with Crippen LogP contribution in [0.25, 0.3) is 0 Å². The summed E-state index contributed by atoms with van der Waals surface area (Å²) in [7, 11) is 0. The molecular weight excluding hydrogens is 244 g/mol. The number of carbonyl (C=O) groups is 1. The largest absolute Gasteiger partial charge is 0.490 e. The van der Waals surface area contributed by atoms with Gasteiger partial charge in [0, 0.05) is 11.8 Å². The molecule has 0 fully saturated rings. The molecule has 1 heterocycles. The van der Waals surface area contributed by atoms with Crippen molar-refractivity contribution >= 4 is 5.97 Å². The number of rotatable bonds is 3. The van der Waals surface area contributed by atoms with Crippen LogP contribution in [0.15, 0.2) is 12.1 Å². The summed E-state index contributed by atoms with van der Waals surface area (Å²) in [4.78, 5) is 11.0. The summed E-state index contributed by atoms with van der Waals surface area (Å²) in [6.07, 6.45) is 0.954. The molecular formula is C15H20O4. The molecule has 0 amide bonds. The lowest BCUT2D eigenvalue weighted by Gasteiger charge is -2.26. The van der Waals surface area contributed by atoms with Crippen LogP contribution in [0.3, 0.4) is 0 Å². The highest BCUT2D eigenvalue weighted by Crippen LogP contribution is 2.40. The maximum atomic E-state index is 11.0. The monoisotopic (exact) mass is 264 g/mol. The molecule has 1 aliphatic heterocycles. The Morgan fingerprint density at radius 1 is 1.32 bits per heavy atom. The number of hydrogen-bond acceptors (Lipinski definition) is 3. The Labute approximate surface area is 113 Å². The van der Waals surface area contributed by atoms with Crippen LogP contribution in [0.5, 0.6) is 11.5 Å². The molecule has 0 atom stereocenters. The third-order valence-corrected chi connectivity index (χ3v) is 3.48. The van der Waals surface area contributed by atoms with E-state index in [-0.39, 0.29) is 6.42 Å². The smallest absolute Gasteiger partial charge is 0.304 e. The summed E-state index contributed by atoms with van der Waals surface area (Å²) in [5.41, 5.74) is 1.55. The van der Waals surface area contributed by atoms with Gasteiger partial charge < -0.3 is 14.6 Å². The van der Waals surface area contributed by atoms with E-state index in [1.807, 2.05) is 32.9 Å². The van der Waals surface area contributed by atoms with Gasteiger partial charge in [0.2, 0.25) is 0 Å². The first-order chi connectivity index (χ1) is 8.92. The number of aliphatic carboxylic acids is 1. The summed E-state index contributed by atoms with van der Waals surface area (Å²) in [5, 5.41) is 9.03. The molecule has 0 saturated heterocycles. The van der Waals surface area contributed by atoms with E-state index in [9.17, 15) is 4.79 Å². The number of ether oxygens (including phenoxy) is 2. The summed E-state index contributed by atoms with van der Waals surface area (Å²) >= 11 is 0. The minimum atomic E-state index is -0.795. The zero-order chi connectivity index (χ0) is 14.0. The van der Waals surface area contributed by atoms with Gasteiger partial charge in [-0.05, 0) is 24.1 Å². The van der Waals surface area contributed by atoms with E-state index in [4.69, 9.17) is 14.6 Å². The minimum Gasteiger partial charge on any atom is -0.490 e. The molecule has 1 aromatic rings. The van der Waals surface area contributed by atoms with Crippen molar-refractivity contribution in [3.8, 4) is 11.5 Å². The molecule has 4 nitrogen and oxygen atoms in total. The Hall–Kier alpha value is -1.71. The second-order valence-corrected chi connectivity index (χ2v) is 5.57. The Bertz CT molecular complexity index is 491. The van der Waals surface area contributed by atoms with Crippen LogP contribution in [-0.4, -0.2) is 24.3 Å². The van der Waals surface area contributed by atoms with Crippen molar-refractivity contribution in [1.82, 2.24) is 0 Å². The molecule has 0 aromatic heterocycles. The quantitative estimate of drug-likeness (QED) is 0.912. The standard InChI is InChI=1S/C15H20O4/c1-10-11(15(2,3)9-13(16)17)5-6-12-14(10)19-8-4-7-18-12/h5-6H,4,7-9H2,1-3H3,(H,16,17). The Morgan fingerprint density at radius 3 is 2.68 bits per heavy atom. The lowest BCUT2D eigenvalue weighted by Crippen LogP contribution is -2.23. The highest BCUT2D eigenvalue weighted by Gasteiger charge is 2.28. The maximum Gasteiger partial charge on any atom is 0.304 e. The van der Waals surface area contributed by atoms with Crippen molar-refractivity contribution in [2.45, 2.75) is 39.0 Å². The highest BCUT2D eigenvalue weighted by molar-refractivity contribution is 5.69. The Kier molecular flexibility index (Phi) is 3.69. The average Bonchev–Trinajstić information content (AvgIpc) is 2.52. The fraction of sp³-hybridized carbons (Fsp3) is 0.533. The molecule has 1 N–H and O–H groups in total. The van der Waals surface area contributed by atoms with Crippen LogP contribution < -0.4 is 9.47 Å². The highest BCUT2D eigenvalue weighted by atomic mass is 16.5. The zero-order valence-electron chi connectivity index (χ0n) is 11.7. The van der Waals surface area contributed by atoms with Crippen molar-refractivity contribution in [1.29, 1.82) is 0 Å². The van der Waals surface area contributed by atoms with Crippen LogP contribution in [0, 0.1) is 6.92 Å². The van der Waals surface area contributed by atoms with E-state index in [1.165, 1.54) is 0 Å². The zero-order valence-corrected chi connectivity index (χ0v) is 11.7. The fourth-order valence-corrected chi connectivity index (χ4v) is 2.58. The molecule has 104 valence electrons. The maximum absolute atomic E-state index is 11.0. The number of fused-ring (bicyclic) bond motifs is 1. The molecule has 0 unspecified atom stereocenters. The first kappa shape index (κ1) is 13.7. The summed E-state index contributed by atoms with van der Waals surface area (Å²) < 4.78 is 11.4. The van der Waals surface area contributed by atoms with Gasteiger partial charge in [0.25, 0.3) is 0 Å². The van der Waals surface area contributed by atoms with Crippen LogP contribution >= 0.6 is 0 Å². The van der Waals surface area contributed by atoms with Gasteiger partial charge in [-0.1, -0.05) is 19.9 Å². The molecule has 1 aliphatic rings. The topological polar surface area (TPSA) is 55.8 Å². The molecule has 19 heavy (non-hydrogen) atoms. The van der Waals surface area contributed by atoms with Gasteiger partial charge in [-0.25, -0.2) is 0 Å². The number of carboxylic acids is 1. The molecule has 0 radical (unpaired) electrons. The van der Waals surface area contributed by atoms with Crippen molar-refractivity contribution in [2.75, 3.05) is 13.2 Å². The summed E-state index contributed by atoms with van der Waals surface area (Å²) in [6, 6.07) is 3.83. The van der Waals surface area contributed by atoms with Crippen LogP contribution in [0.4, 0.5) is 0 Å². The predicted octanol–water partition coefficient (Wildman–Crippen LogP) is 2.91. The molecule has 0 spiro atoms. The first-order valence-electron chi connectivity index (χ1n) is 6.53. The second kappa shape index (κ2) is 5.11. The lowest BCUT2D eigenvalue weighted by atomic mass is 9.79. The summed E-state index contributed by atoms with van der Waals surface area (Å²) in [5.74, 6) is 0.717. The lowest BCUT2D eigenvalue weighted by molar-refractivity contribution is -0.138. The SMILES string of the molecule is Cc1c(C(C)(C)CC(=O)O)ccc2c1OCCCO2. The van der Waals surface area contributed by atoms with Gasteiger partial charge in [0.05, 0.1) is 19.6 Å². The van der Waals surface area contributed by atoms with E-state index >= 15 is 0 Å². The molecule has 1 aromatic carbocycles. The van der Waals surface area contributed by atoms with Crippen molar-refractivity contribution in [2.24, 2.45) is 0 Å². The minimum absolute atomic E-state index is 0.0908. The number of hydrogen-bond donors (Lipinski definition) is 1. The van der Waals surface area contributed by atoms with Crippen LogP contribution in [0.1, 0.15) is 37.8 Å². The molecule has 2 rings (SSSR count). The van der Waals surface area contributed by atoms with Gasteiger partial charge >= 0.3 is 5.97 Å². The number of carboxylic acid groups (broad SMARTS) is 1. The van der Waals surface area contributed by atoms with Crippen LogP contribution in [-0.2, 0) is 10.2 Å². The van der Waals surface area contributed by atoms with Gasteiger partial charge in [-0.3, -0.25) is 4.79 Å². The normalized spacial score (nSPS) is 14.9. The van der Waals surface area contributed by atoms with E-state index in [0.29, 0.717) is 13.2 Å². The van der Waals surface area contributed by atoms with Gasteiger partial charge in [-0.15, -0.1) is 0 Å². The first-order valence-corrected chi connectivity index (χ1v) is 6.53. The Morgan fingerprint density at radius 2 is 2.00 bits per heavy atom. The van der Waals surface area contributed by atoms with Crippen molar-refractivity contribution in [3.63, 3.8) is 0 Å². The van der Waals surface area contributed by atoms with Crippen molar-refractivity contribution < 1.29 is 19.4 Å². The summed E-state index contributed by atoms with van der Waals surface area (Å²) in [6.45, 7) is 7.13. The van der Waals surface area contributed by atoms with Crippen LogP contribution in [0.2, 0.25) is 0 Å². The van der Waals surface area contributed by atoms with E-state index in [1.54, 1.807) is 0 Å².